The summed E-state index contributed by atoms with van der Waals surface area (Å²) < 4.78 is 28.6. The highest BCUT2D eigenvalue weighted by Gasteiger charge is 2.18. The number of hydrogen-bond donors (Lipinski definition) is 0. The molecule has 0 unspecified atom stereocenters. The zero-order valence-electron chi connectivity index (χ0n) is 16.4. The first-order valence-corrected chi connectivity index (χ1v) is 8.78. The van der Waals surface area contributed by atoms with Crippen LogP contribution < -0.4 is 4.90 Å². The lowest BCUT2D eigenvalue weighted by Gasteiger charge is -2.21. The highest BCUT2D eigenvalue weighted by atomic mass is 19.1. The summed E-state index contributed by atoms with van der Waals surface area (Å²) in [5.41, 5.74) is 2.21. The SMILES string of the molecule is CCN(C)/C=N/c1cc(F)c(C(=O)CN(C)c2c(C)cccc2F)cc1C. The Bertz CT molecular complexity index is 844. The van der Waals surface area contributed by atoms with Crippen molar-refractivity contribution in [2.75, 3.05) is 32.1 Å². The van der Waals surface area contributed by atoms with Crippen LogP contribution in [-0.4, -0.2) is 44.2 Å². The predicted molar refractivity (Wildman–Crippen MR) is 106 cm³/mol. The first-order chi connectivity index (χ1) is 12.7. The molecular weight excluding hydrogens is 348 g/mol. The Labute approximate surface area is 159 Å². The fourth-order valence-corrected chi connectivity index (χ4v) is 2.75. The summed E-state index contributed by atoms with van der Waals surface area (Å²) in [4.78, 5) is 20.2. The van der Waals surface area contributed by atoms with Crippen molar-refractivity contribution in [3.63, 3.8) is 0 Å². The number of Topliss-reactive ketones (excluding diaryl/α,β-unsaturated/α-hetero) is 1. The second-order valence-corrected chi connectivity index (χ2v) is 6.62. The normalized spacial score (nSPS) is 11.1. The van der Waals surface area contributed by atoms with Crippen LogP contribution in [0, 0.1) is 25.5 Å². The molecule has 0 aliphatic heterocycles. The minimum atomic E-state index is -0.629. The average Bonchev–Trinajstić information content (AvgIpc) is 2.61. The zero-order valence-corrected chi connectivity index (χ0v) is 16.4. The summed E-state index contributed by atoms with van der Waals surface area (Å²) in [6.45, 7) is 6.18. The molecule has 27 heavy (non-hydrogen) atoms. The molecule has 144 valence electrons. The maximum absolute atomic E-state index is 14.5. The highest BCUT2D eigenvalue weighted by molar-refractivity contribution is 6.00. The number of hydrogen-bond acceptors (Lipinski definition) is 3. The molecule has 6 heteroatoms. The summed E-state index contributed by atoms with van der Waals surface area (Å²) >= 11 is 0. The van der Waals surface area contributed by atoms with Gasteiger partial charge in [-0.1, -0.05) is 12.1 Å². The molecule has 0 aliphatic rings. The van der Waals surface area contributed by atoms with E-state index in [1.807, 2.05) is 18.9 Å². The third-order valence-corrected chi connectivity index (χ3v) is 4.43. The van der Waals surface area contributed by atoms with Crippen molar-refractivity contribution in [1.82, 2.24) is 4.90 Å². The van der Waals surface area contributed by atoms with Crippen molar-refractivity contribution < 1.29 is 13.6 Å². The summed E-state index contributed by atoms with van der Waals surface area (Å²) in [5.74, 6) is -1.45. The number of ketones is 1. The van der Waals surface area contributed by atoms with E-state index < -0.39 is 17.4 Å². The van der Waals surface area contributed by atoms with Gasteiger partial charge in [0.1, 0.15) is 11.6 Å². The van der Waals surface area contributed by atoms with Gasteiger partial charge in [-0.05, 0) is 44.0 Å². The fourth-order valence-electron chi connectivity index (χ4n) is 2.75. The minimum absolute atomic E-state index is 0.0175. The molecule has 0 bridgehead atoms. The maximum Gasteiger partial charge on any atom is 0.185 e. The second-order valence-electron chi connectivity index (χ2n) is 6.62. The van der Waals surface area contributed by atoms with Crippen LogP contribution in [-0.2, 0) is 0 Å². The molecule has 2 aromatic carbocycles. The van der Waals surface area contributed by atoms with Crippen LogP contribution in [0.2, 0.25) is 0 Å². The van der Waals surface area contributed by atoms with Gasteiger partial charge in [-0.25, -0.2) is 13.8 Å². The Morgan fingerprint density at radius 2 is 1.81 bits per heavy atom. The first-order valence-electron chi connectivity index (χ1n) is 8.78. The summed E-state index contributed by atoms with van der Waals surface area (Å²) in [6, 6.07) is 7.48. The van der Waals surface area contributed by atoms with Crippen molar-refractivity contribution in [3.05, 3.63) is 58.7 Å². The summed E-state index contributed by atoms with van der Waals surface area (Å²) in [7, 11) is 3.49. The Balaban J connectivity index is 2.24. The molecule has 0 atom stereocenters. The number of carbonyl (C=O) groups excluding carboxylic acids is 1. The number of halogens is 2. The van der Waals surface area contributed by atoms with E-state index in [1.165, 1.54) is 23.1 Å². The van der Waals surface area contributed by atoms with Crippen molar-refractivity contribution in [1.29, 1.82) is 0 Å². The lowest BCUT2D eigenvalue weighted by atomic mass is 10.0. The Morgan fingerprint density at radius 1 is 1.11 bits per heavy atom. The van der Waals surface area contributed by atoms with Crippen molar-refractivity contribution >= 4 is 23.5 Å². The molecule has 2 aromatic rings. The lowest BCUT2D eigenvalue weighted by molar-refractivity contribution is 0.0996. The molecule has 0 spiro atoms. The molecule has 2 rings (SSSR count). The van der Waals surface area contributed by atoms with Gasteiger partial charge in [-0.15, -0.1) is 0 Å². The monoisotopic (exact) mass is 373 g/mol. The molecule has 0 amide bonds. The van der Waals surface area contributed by atoms with Crippen LogP contribution in [0.1, 0.15) is 28.4 Å². The zero-order chi connectivity index (χ0) is 20.1. The Hall–Kier alpha value is -2.76. The van der Waals surface area contributed by atoms with E-state index in [1.54, 1.807) is 39.4 Å². The highest BCUT2D eigenvalue weighted by Crippen LogP contribution is 2.25. The topological polar surface area (TPSA) is 35.9 Å². The smallest absolute Gasteiger partial charge is 0.185 e. The number of aryl methyl sites for hydroxylation is 2. The molecule has 0 heterocycles. The van der Waals surface area contributed by atoms with Gasteiger partial charge in [0.2, 0.25) is 0 Å². The van der Waals surface area contributed by atoms with E-state index in [0.29, 0.717) is 22.5 Å². The number of likely N-dealkylation sites (N-methyl/N-ethyl adjacent to an activating group) is 1. The van der Waals surface area contributed by atoms with Gasteiger partial charge in [0.05, 0.1) is 29.8 Å². The number of anilines is 1. The summed E-state index contributed by atoms with van der Waals surface area (Å²) in [6.07, 6.45) is 1.62. The van der Waals surface area contributed by atoms with Gasteiger partial charge in [-0.3, -0.25) is 4.79 Å². The predicted octanol–water partition coefficient (Wildman–Crippen LogP) is 4.51. The van der Waals surface area contributed by atoms with Crippen LogP contribution in [0.5, 0.6) is 0 Å². The number of aliphatic imine (C=N–C) groups is 1. The van der Waals surface area contributed by atoms with Crippen LogP contribution in [0.4, 0.5) is 20.2 Å². The quantitative estimate of drug-likeness (QED) is 0.407. The van der Waals surface area contributed by atoms with E-state index in [-0.39, 0.29) is 12.1 Å². The van der Waals surface area contributed by atoms with Crippen molar-refractivity contribution in [2.45, 2.75) is 20.8 Å². The Kier molecular flexibility index (Phi) is 6.66. The van der Waals surface area contributed by atoms with Crippen LogP contribution >= 0.6 is 0 Å². The standard InChI is InChI=1S/C21H25F2N3O/c1-6-25(4)13-24-19-11-18(23)16(10-15(19)3)20(27)12-26(5)21-14(2)8-7-9-17(21)22/h7-11,13H,6,12H2,1-5H3/b24-13+. The molecule has 4 nitrogen and oxygen atoms in total. The van der Waals surface area contributed by atoms with E-state index >= 15 is 0 Å². The van der Waals surface area contributed by atoms with Crippen molar-refractivity contribution in [3.8, 4) is 0 Å². The average molecular weight is 373 g/mol. The van der Waals surface area contributed by atoms with Crippen molar-refractivity contribution in [2.24, 2.45) is 4.99 Å². The van der Waals surface area contributed by atoms with Crippen LogP contribution in [0.15, 0.2) is 35.3 Å². The van der Waals surface area contributed by atoms with Crippen LogP contribution in [0.25, 0.3) is 0 Å². The molecule has 0 radical (unpaired) electrons. The van der Waals surface area contributed by atoms with Gasteiger partial charge in [0.15, 0.2) is 5.78 Å². The molecule has 0 N–H and O–H groups in total. The van der Waals surface area contributed by atoms with Gasteiger partial charge < -0.3 is 9.80 Å². The molecule has 0 saturated carbocycles. The fraction of sp³-hybridized carbons (Fsp3) is 0.333. The van der Waals surface area contributed by atoms with Gasteiger partial charge >= 0.3 is 0 Å². The van der Waals surface area contributed by atoms with Gasteiger partial charge in [0, 0.05) is 26.7 Å². The van der Waals surface area contributed by atoms with E-state index in [4.69, 9.17) is 0 Å². The second kappa shape index (κ2) is 8.75. The maximum atomic E-state index is 14.5. The lowest BCUT2D eigenvalue weighted by Crippen LogP contribution is -2.27. The summed E-state index contributed by atoms with van der Waals surface area (Å²) in [5, 5.41) is 0. The van der Waals surface area contributed by atoms with E-state index in [9.17, 15) is 13.6 Å². The molecule has 0 aromatic heterocycles. The molecular formula is C21H25F2N3O. The van der Waals surface area contributed by atoms with E-state index in [2.05, 4.69) is 4.99 Å². The minimum Gasteiger partial charge on any atom is -0.366 e. The molecule has 0 aliphatic carbocycles. The number of para-hydroxylation sites is 1. The molecule has 0 fully saturated rings. The third-order valence-electron chi connectivity index (χ3n) is 4.43. The number of nitrogens with zero attached hydrogens (tertiary/aromatic N) is 3. The number of benzene rings is 2. The number of rotatable bonds is 7. The van der Waals surface area contributed by atoms with Gasteiger partial charge in [-0.2, -0.15) is 0 Å². The first kappa shape index (κ1) is 20.6. The Morgan fingerprint density at radius 3 is 2.44 bits per heavy atom. The molecule has 0 saturated heterocycles. The third kappa shape index (κ3) is 4.90. The number of carbonyl (C=O) groups is 1. The largest absolute Gasteiger partial charge is 0.366 e. The van der Waals surface area contributed by atoms with Gasteiger partial charge in [0.25, 0.3) is 0 Å². The van der Waals surface area contributed by atoms with E-state index in [0.717, 1.165) is 6.54 Å². The van der Waals surface area contributed by atoms with Crippen LogP contribution in [0.3, 0.4) is 0 Å².